The molecule has 0 bridgehead atoms. The van der Waals surface area contributed by atoms with Crippen molar-refractivity contribution in [2.75, 3.05) is 23.7 Å². The zero-order valence-electron chi connectivity index (χ0n) is 21.7. The zero-order chi connectivity index (χ0) is 29.7. The summed E-state index contributed by atoms with van der Waals surface area (Å²) in [5, 5.41) is 2.62. The van der Waals surface area contributed by atoms with Crippen molar-refractivity contribution >= 4 is 62.3 Å². The molecule has 0 aliphatic carbocycles. The van der Waals surface area contributed by atoms with Crippen molar-refractivity contribution in [3.8, 4) is 0 Å². The molecule has 0 saturated carbocycles. The lowest BCUT2D eigenvalue weighted by atomic mass is 10.1. The second-order valence-corrected chi connectivity index (χ2v) is 12.4. The van der Waals surface area contributed by atoms with Crippen molar-refractivity contribution < 1.29 is 31.2 Å². The van der Waals surface area contributed by atoms with E-state index in [1.165, 1.54) is 17.0 Å². The normalized spacial score (nSPS) is 12.8. The molecule has 0 fully saturated rings. The lowest BCUT2D eigenvalue weighted by Gasteiger charge is -2.33. The SMILES string of the molecule is CC[C@@H](C(=O)NCC(C)C)N(Cc1ccc(Cl)c(Cl)c1)C(=O)CN(c1ccc(Cl)c(C(F)(F)F)c1)S(C)(=O)=O. The van der Waals surface area contributed by atoms with Crippen LogP contribution in [0.15, 0.2) is 36.4 Å². The van der Waals surface area contributed by atoms with Crippen LogP contribution in [0.4, 0.5) is 18.9 Å². The number of rotatable bonds is 11. The van der Waals surface area contributed by atoms with Gasteiger partial charge in [0.2, 0.25) is 21.8 Å². The van der Waals surface area contributed by atoms with Gasteiger partial charge in [-0.05, 0) is 48.2 Å². The first-order valence-electron chi connectivity index (χ1n) is 11.8. The highest BCUT2D eigenvalue weighted by Gasteiger charge is 2.36. The zero-order valence-corrected chi connectivity index (χ0v) is 24.7. The Kier molecular flexibility index (Phi) is 11.4. The number of sulfonamides is 1. The molecular formula is C25H29Cl3F3N3O4S. The van der Waals surface area contributed by atoms with Gasteiger partial charge < -0.3 is 10.2 Å². The van der Waals surface area contributed by atoms with Crippen LogP contribution in [0.25, 0.3) is 0 Å². The van der Waals surface area contributed by atoms with E-state index >= 15 is 0 Å². The fourth-order valence-electron chi connectivity index (χ4n) is 3.68. The molecule has 2 aromatic rings. The quantitative estimate of drug-likeness (QED) is 0.330. The Hall–Kier alpha value is -2.21. The highest BCUT2D eigenvalue weighted by molar-refractivity contribution is 7.92. The third-order valence-electron chi connectivity index (χ3n) is 5.63. The molecular weight excluding hydrogens is 602 g/mol. The highest BCUT2D eigenvalue weighted by Crippen LogP contribution is 2.37. The number of carbonyl (C=O) groups is 2. The van der Waals surface area contributed by atoms with Crippen molar-refractivity contribution in [2.24, 2.45) is 5.92 Å². The molecule has 0 aliphatic heterocycles. The number of carbonyl (C=O) groups excluding carboxylic acids is 2. The molecule has 0 radical (unpaired) electrons. The number of alkyl halides is 3. The summed E-state index contributed by atoms with van der Waals surface area (Å²) < 4.78 is 66.2. The van der Waals surface area contributed by atoms with Gasteiger partial charge >= 0.3 is 6.18 Å². The van der Waals surface area contributed by atoms with Gasteiger partial charge in [0.15, 0.2) is 0 Å². The van der Waals surface area contributed by atoms with Crippen LogP contribution < -0.4 is 9.62 Å². The van der Waals surface area contributed by atoms with Crippen LogP contribution in [-0.2, 0) is 32.3 Å². The lowest BCUT2D eigenvalue weighted by molar-refractivity contribution is -0.140. The van der Waals surface area contributed by atoms with Crippen LogP contribution in [0.3, 0.4) is 0 Å². The first-order chi connectivity index (χ1) is 17.9. The van der Waals surface area contributed by atoms with E-state index in [1.807, 2.05) is 13.8 Å². The lowest BCUT2D eigenvalue weighted by Crippen LogP contribution is -2.52. The van der Waals surface area contributed by atoms with Crippen molar-refractivity contribution in [3.63, 3.8) is 0 Å². The van der Waals surface area contributed by atoms with Gasteiger partial charge in [0.1, 0.15) is 12.6 Å². The number of anilines is 1. The number of benzene rings is 2. The predicted octanol–water partition coefficient (Wildman–Crippen LogP) is 6.01. The maximum absolute atomic E-state index is 13.7. The molecule has 2 rings (SSSR count). The molecule has 2 amide bonds. The number of hydrogen-bond donors (Lipinski definition) is 1. The molecule has 0 saturated heterocycles. The third kappa shape index (κ3) is 9.16. The van der Waals surface area contributed by atoms with Crippen molar-refractivity contribution in [1.82, 2.24) is 10.2 Å². The predicted molar refractivity (Wildman–Crippen MR) is 148 cm³/mol. The van der Waals surface area contributed by atoms with Crippen LogP contribution in [0.1, 0.15) is 38.3 Å². The van der Waals surface area contributed by atoms with E-state index in [0.29, 0.717) is 22.5 Å². The Morgan fingerprint density at radius 3 is 2.13 bits per heavy atom. The fraction of sp³-hybridized carbons (Fsp3) is 0.440. The molecule has 39 heavy (non-hydrogen) atoms. The van der Waals surface area contributed by atoms with Crippen molar-refractivity contribution in [1.29, 1.82) is 0 Å². The first kappa shape index (κ1) is 33.0. The number of nitrogens with one attached hydrogen (secondary N) is 1. The molecule has 0 aromatic heterocycles. The van der Waals surface area contributed by atoms with Crippen LogP contribution >= 0.6 is 34.8 Å². The molecule has 0 unspecified atom stereocenters. The van der Waals surface area contributed by atoms with E-state index in [2.05, 4.69) is 5.32 Å². The summed E-state index contributed by atoms with van der Waals surface area (Å²) in [7, 11) is -4.24. The summed E-state index contributed by atoms with van der Waals surface area (Å²) in [6, 6.07) is 6.14. The summed E-state index contributed by atoms with van der Waals surface area (Å²) in [4.78, 5) is 27.9. The van der Waals surface area contributed by atoms with Gasteiger partial charge in [-0.25, -0.2) is 8.42 Å². The maximum Gasteiger partial charge on any atom is 0.417 e. The average molecular weight is 631 g/mol. The summed E-state index contributed by atoms with van der Waals surface area (Å²) in [6.45, 7) is 4.79. The van der Waals surface area contributed by atoms with Gasteiger partial charge in [0.25, 0.3) is 0 Å². The van der Waals surface area contributed by atoms with Gasteiger partial charge in [-0.1, -0.05) is 61.6 Å². The molecule has 0 aliphatic rings. The summed E-state index contributed by atoms with van der Waals surface area (Å²) >= 11 is 17.8. The van der Waals surface area contributed by atoms with Crippen LogP contribution in [0.2, 0.25) is 15.1 Å². The maximum atomic E-state index is 13.7. The number of amides is 2. The van der Waals surface area contributed by atoms with Gasteiger partial charge in [-0.3, -0.25) is 13.9 Å². The Morgan fingerprint density at radius 1 is 1.00 bits per heavy atom. The Morgan fingerprint density at radius 2 is 1.62 bits per heavy atom. The Balaban J connectivity index is 2.53. The van der Waals surface area contributed by atoms with E-state index in [-0.39, 0.29) is 28.9 Å². The molecule has 1 N–H and O–H groups in total. The van der Waals surface area contributed by atoms with E-state index in [0.717, 1.165) is 18.4 Å². The second-order valence-electron chi connectivity index (χ2n) is 9.26. The molecule has 0 heterocycles. The summed E-state index contributed by atoms with van der Waals surface area (Å²) in [5.74, 6) is -1.16. The monoisotopic (exact) mass is 629 g/mol. The summed E-state index contributed by atoms with van der Waals surface area (Å²) in [5.41, 5.74) is -1.16. The van der Waals surface area contributed by atoms with E-state index in [9.17, 15) is 31.2 Å². The summed E-state index contributed by atoms with van der Waals surface area (Å²) in [6.07, 6.45) is -3.92. The molecule has 1 atom stereocenters. The topological polar surface area (TPSA) is 86.8 Å². The molecule has 7 nitrogen and oxygen atoms in total. The van der Waals surface area contributed by atoms with Crippen LogP contribution in [0.5, 0.6) is 0 Å². The highest BCUT2D eigenvalue weighted by atomic mass is 35.5. The molecule has 14 heteroatoms. The molecule has 2 aromatic carbocycles. The molecule has 0 spiro atoms. The number of nitrogens with zero attached hydrogens (tertiary/aromatic N) is 2. The van der Waals surface area contributed by atoms with Crippen LogP contribution in [0, 0.1) is 5.92 Å². The minimum atomic E-state index is -4.86. The van der Waals surface area contributed by atoms with Crippen LogP contribution in [-0.4, -0.2) is 50.5 Å². The average Bonchev–Trinajstić information content (AvgIpc) is 2.82. The smallest absolute Gasteiger partial charge is 0.354 e. The van der Waals surface area contributed by atoms with Gasteiger partial charge in [0.05, 0.1) is 32.6 Å². The molecule has 216 valence electrons. The fourth-order valence-corrected chi connectivity index (χ4v) is 5.06. The first-order valence-corrected chi connectivity index (χ1v) is 14.8. The second kappa shape index (κ2) is 13.4. The number of halogens is 6. The van der Waals surface area contributed by atoms with E-state index < -0.39 is 56.9 Å². The van der Waals surface area contributed by atoms with Gasteiger partial charge in [-0.2, -0.15) is 13.2 Å². The van der Waals surface area contributed by atoms with Gasteiger partial charge in [0, 0.05) is 13.1 Å². The van der Waals surface area contributed by atoms with E-state index in [1.54, 1.807) is 13.0 Å². The number of hydrogen-bond acceptors (Lipinski definition) is 4. The standard InChI is InChI=1S/C25H29Cl3F3N3O4S/c1-5-22(24(36)32-12-15(2)3)33(13-16-6-8-20(27)21(28)10-16)23(35)14-34(39(4,37)38)17-7-9-19(26)18(11-17)25(29,30)31/h6-11,15,22H,5,12-14H2,1-4H3,(H,32,36)/t22-/m0/s1. The minimum Gasteiger partial charge on any atom is -0.354 e. The van der Waals surface area contributed by atoms with Crippen molar-refractivity contribution in [3.05, 3.63) is 62.6 Å². The Bertz CT molecular complexity index is 1310. The largest absolute Gasteiger partial charge is 0.417 e. The minimum absolute atomic E-state index is 0.124. The van der Waals surface area contributed by atoms with Gasteiger partial charge in [-0.15, -0.1) is 0 Å². The third-order valence-corrected chi connectivity index (χ3v) is 7.84. The Labute approximate surface area is 241 Å². The van der Waals surface area contributed by atoms with E-state index in [4.69, 9.17) is 34.8 Å². The van der Waals surface area contributed by atoms with Crippen molar-refractivity contribution in [2.45, 2.75) is 46.0 Å².